The summed E-state index contributed by atoms with van der Waals surface area (Å²) in [6.45, 7) is 17.7. The van der Waals surface area contributed by atoms with Crippen LogP contribution in [-0.4, -0.2) is 20.7 Å². The fourth-order valence-corrected chi connectivity index (χ4v) is 9.30. The van der Waals surface area contributed by atoms with Gasteiger partial charge in [-0.1, -0.05) is 47.6 Å². The van der Waals surface area contributed by atoms with Crippen molar-refractivity contribution in [3.63, 3.8) is 0 Å². The lowest BCUT2D eigenvalue weighted by Gasteiger charge is -2.45. The van der Waals surface area contributed by atoms with Crippen LogP contribution in [-0.2, 0) is 9.22 Å². The van der Waals surface area contributed by atoms with Crippen LogP contribution in [0.25, 0.3) is 0 Å². The Hall–Kier alpha value is -0.853. The van der Waals surface area contributed by atoms with Gasteiger partial charge in [0.25, 0.3) is 0 Å². The molecule has 0 N–H and O–H groups in total. The molecule has 0 aliphatic heterocycles. The number of rotatable bonds is 9. The summed E-state index contributed by atoms with van der Waals surface area (Å²) >= 11 is 0. The van der Waals surface area contributed by atoms with E-state index in [9.17, 15) is 4.79 Å². The molecule has 0 rings (SSSR count). The second-order valence-corrected chi connectivity index (χ2v) is 12.6. The van der Waals surface area contributed by atoms with Crippen molar-refractivity contribution in [2.75, 3.05) is 0 Å². The Labute approximate surface area is 138 Å². The number of carbonyl (C=O) groups is 1. The molecule has 0 saturated carbocycles. The zero-order valence-electron chi connectivity index (χ0n) is 15.6. The number of allylic oxidation sites excluding steroid dienone is 1. The summed E-state index contributed by atoms with van der Waals surface area (Å²) in [5.41, 5.74) is 2.62. The highest BCUT2D eigenvalue weighted by atomic mass is 28.4. The second-order valence-electron chi connectivity index (χ2n) is 7.16. The summed E-state index contributed by atoms with van der Waals surface area (Å²) < 4.78 is 6.85. The fraction of sp³-hybridized carbons (Fsp3) is 0.737. The predicted molar refractivity (Wildman–Crippen MR) is 98.4 cm³/mol. The third-order valence-electron chi connectivity index (χ3n) is 4.74. The Bertz CT molecular complexity index is 394. The van der Waals surface area contributed by atoms with Crippen LogP contribution < -0.4 is 0 Å². The molecule has 3 heteroatoms. The number of hydrogen-bond acceptors (Lipinski definition) is 2. The molecule has 0 unspecified atom stereocenters. The average molecular weight is 323 g/mol. The van der Waals surface area contributed by atoms with Crippen LogP contribution in [0.5, 0.6) is 0 Å². The van der Waals surface area contributed by atoms with Gasteiger partial charge in [0.1, 0.15) is 6.29 Å². The van der Waals surface area contributed by atoms with Gasteiger partial charge >= 0.3 is 0 Å². The Morgan fingerprint density at radius 3 is 1.86 bits per heavy atom. The molecular formula is C19H34O2Si. The van der Waals surface area contributed by atoms with Crippen LogP contribution in [0.1, 0.15) is 61.8 Å². The topological polar surface area (TPSA) is 26.3 Å². The summed E-state index contributed by atoms with van der Waals surface area (Å²) in [4.78, 5) is 10.7. The lowest BCUT2D eigenvalue weighted by Crippen LogP contribution is -2.51. The number of terminal acetylenes is 1. The van der Waals surface area contributed by atoms with E-state index in [1.54, 1.807) is 0 Å². The van der Waals surface area contributed by atoms with Crippen molar-refractivity contribution >= 4 is 14.6 Å². The molecule has 0 amide bonds. The largest absolute Gasteiger partial charge is 0.408 e. The first-order chi connectivity index (χ1) is 10.1. The number of hydrogen-bond donors (Lipinski definition) is 0. The zero-order valence-corrected chi connectivity index (χ0v) is 16.6. The smallest absolute Gasteiger partial charge is 0.201 e. The first-order valence-corrected chi connectivity index (χ1v) is 10.5. The van der Waals surface area contributed by atoms with E-state index >= 15 is 0 Å². The van der Waals surface area contributed by atoms with Gasteiger partial charge in [0.15, 0.2) is 0 Å². The Morgan fingerprint density at radius 2 is 1.55 bits per heavy atom. The maximum atomic E-state index is 10.7. The maximum absolute atomic E-state index is 10.7. The van der Waals surface area contributed by atoms with E-state index < -0.39 is 8.32 Å². The minimum Gasteiger partial charge on any atom is -0.408 e. The third kappa shape index (κ3) is 4.83. The van der Waals surface area contributed by atoms with Gasteiger partial charge in [0.05, 0.1) is 6.10 Å². The van der Waals surface area contributed by atoms with Gasteiger partial charge in [-0.05, 0) is 36.0 Å². The van der Waals surface area contributed by atoms with Crippen LogP contribution in [0.2, 0.25) is 16.6 Å². The molecule has 0 saturated heterocycles. The Morgan fingerprint density at radius 1 is 1.09 bits per heavy atom. The molecule has 0 aromatic heterocycles. The van der Waals surface area contributed by atoms with E-state index in [0.717, 1.165) is 11.9 Å². The molecule has 0 aliphatic carbocycles. The predicted octanol–water partition coefficient (Wildman–Crippen LogP) is 5.35. The summed E-state index contributed by atoms with van der Waals surface area (Å²) in [6.07, 6.45) is 8.87. The molecule has 0 heterocycles. The van der Waals surface area contributed by atoms with E-state index in [1.807, 2.05) is 19.9 Å². The normalized spacial score (nSPS) is 16.0. The summed E-state index contributed by atoms with van der Waals surface area (Å²) in [5.74, 6) is 2.84. The summed E-state index contributed by atoms with van der Waals surface area (Å²) in [7, 11) is -2.00. The van der Waals surface area contributed by atoms with Crippen molar-refractivity contribution in [3.8, 4) is 12.3 Å². The lowest BCUT2D eigenvalue weighted by molar-refractivity contribution is -0.107. The van der Waals surface area contributed by atoms with Crippen LogP contribution in [0, 0.1) is 18.3 Å². The van der Waals surface area contributed by atoms with Gasteiger partial charge in [-0.25, -0.2) is 0 Å². The van der Waals surface area contributed by atoms with E-state index in [4.69, 9.17) is 10.8 Å². The van der Waals surface area contributed by atoms with Crippen LogP contribution in [0.3, 0.4) is 0 Å². The van der Waals surface area contributed by atoms with Gasteiger partial charge in [-0.2, -0.15) is 0 Å². The van der Waals surface area contributed by atoms with Gasteiger partial charge in [-0.15, -0.1) is 12.3 Å². The summed E-state index contributed by atoms with van der Waals surface area (Å²) in [6, 6.07) is 0. The van der Waals surface area contributed by atoms with E-state index in [2.05, 4.69) is 47.5 Å². The molecule has 0 fully saturated rings. The van der Waals surface area contributed by atoms with E-state index in [0.29, 0.717) is 23.0 Å². The van der Waals surface area contributed by atoms with Gasteiger partial charge in [0, 0.05) is 12.3 Å². The van der Waals surface area contributed by atoms with Crippen molar-refractivity contribution < 1.29 is 9.22 Å². The molecule has 0 aromatic rings. The minimum absolute atomic E-state index is 0.00558. The van der Waals surface area contributed by atoms with Crippen molar-refractivity contribution in [2.24, 2.45) is 5.92 Å². The van der Waals surface area contributed by atoms with E-state index in [-0.39, 0.29) is 12.0 Å². The van der Waals surface area contributed by atoms with Crippen molar-refractivity contribution in [3.05, 3.63) is 11.6 Å². The minimum atomic E-state index is -2.00. The second kappa shape index (κ2) is 9.32. The fourth-order valence-electron chi connectivity index (χ4n) is 3.66. The molecule has 2 nitrogen and oxygen atoms in total. The Balaban J connectivity index is 5.76. The number of aldehydes is 1. The van der Waals surface area contributed by atoms with Gasteiger partial charge in [0.2, 0.25) is 8.32 Å². The highest BCUT2D eigenvalue weighted by Crippen LogP contribution is 2.44. The van der Waals surface area contributed by atoms with Crippen LogP contribution in [0.15, 0.2) is 11.6 Å². The first kappa shape index (κ1) is 21.1. The monoisotopic (exact) mass is 322 g/mol. The lowest BCUT2D eigenvalue weighted by atomic mass is 9.99. The van der Waals surface area contributed by atoms with Crippen molar-refractivity contribution in [1.29, 1.82) is 0 Å². The molecule has 0 bridgehead atoms. The molecule has 2 atom stereocenters. The summed E-state index contributed by atoms with van der Waals surface area (Å²) in [5, 5.41) is 0. The molecule has 0 radical (unpaired) electrons. The molecule has 0 spiro atoms. The average Bonchev–Trinajstić information content (AvgIpc) is 2.43. The Kier molecular flexibility index (Phi) is 8.96. The highest BCUT2D eigenvalue weighted by molar-refractivity contribution is 6.77. The molecule has 0 aromatic carbocycles. The van der Waals surface area contributed by atoms with Crippen LogP contribution >= 0.6 is 0 Å². The molecule has 22 heavy (non-hydrogen) atoms. The highest BCUT2D eigenvalue weighted by Gasteiger charge is 2.47. The van der Waals surface area contributed by atoms with E-state index in [1.165, 1.54) is 0 Å². The first-order valence-electron chi connectivity index (χ1n) is 8.39. The zero-order chi connectivity index (χ0) is 17.5. The quantitative estimate of drug-likeness (QED) is 0.247. The number of carbonyl (C=O) groups excluding carboxylic acids is 1. The molecular weight excluding hydrogens is 288 g/mol. The SMILES string of the molecule is C#C[C@H](C)[C@H](O[Si](C(C)C)(C(C)C)C(C)C)/C(C)=C/CC=O. The van der Waals surface area contributed by atoms with Crippen molar-refractivity contribution in [2.45, 2.75) is 84.5 Å². The maximum Gasteiger partial charge on any atom is 0.201 e. The van der Waals surface area contributed by atoms with Crippen LogP contribution in [0.4, 0.5) is 0 Å². The van der Waals surface area contributed by atoms with Crippen molar-refractivity contribution in [1.82, 2.24) is 0 Å². The standard InChI is InChI=1S/C19H34O2Si/c1-10-17(8)19(18(9)12-11-13-20)21-22(14(2)3,15(4)5)16(6)7/h1,12-17,19H,11H2,2-9H3/b18-12+/t17-,19-/m0/s1. The van der Waals surface area contributed by atoms with Gasteiger partial charge in [-0.3, -0.25) is 0 Å². The molecule has 0 aliphatic rings. The molecule has 126 valence electrons. The van der Waals surface area contributed by atoms with Gasteiger partial charge < -0.3 is 9.22 Å². The third-order valence-corrected chi connectivity index (χ3v) is 10.8.